The number of hydrogen-bond acceptors (Lipinski definition) is 6. The monoisotopic (exact) mass is 430 g/mol. The summed E-state index contributed by atoms with van der Waals surface area (Å²) in [4.78, 5) is 27.4. The molecule has 31 heavy (non-hydrogen) atoms. The number of carbonyl (C=O) groups is 1. The number of amides is 1. The first-order chi connectivity index (χ1) is 14.6. The Morgan fingerprint density at radius 3 is 2.58 bits per heavy atom. The predicted octanol–water partition coefficient (Wildman–Crippen LogP) is 3.05. The third kappa shape index (κ3) is 5.46. The van der Waals surface area contributed by atoms with Crippen LogP contribution in [0, 0.1) is 6.92 Å². The van der Waals surface area contributed by atoms with E-state index in [0.717, 1.165) is 24.0 Å². The zero-order valence-corrected chi connectivity index (χ0v) is 19.4. The second-order valence-electron chi connectivity index (χ2n) is 9.11. The summed E-state index contributed by atoms with van der Waals surface area (Å²) in [6.45, 7) is 12.5. The number of benzene rings is 1. The van der Waals surface area contributed by atoms with Gasteiger partial charge in [0.1, 0.15) is 11.3 Å². The standard InChI is InChI=1S/C24H34N2O5/c1-15-12-26(13-16(2)30-15)24(4,5)14-25-22(27)10-9-20-17(3)19-8-7-18(29-6)11-21(19)31-23(20)28/h7-8,11,15-16H,9-10,12-14H2,1-6H3,(H,25,27)/t15-,16-/m0/s1. The Morgan fingerprint density at radius 2 is 1.94 bits per heavy atom. The highest BCUT2D eigenvalue weighted by Gasteiger charge is 2.33. The van der Waals surface area contributed by atoms with Crippen molar-refractivity contribution in [1.82, 2.24) is 10.2 Å². The first-order valence-electron chi connectivity index (χ1n) is 10.9. The first-order valence-corrected chi connectivity index (χ1v) is 10.9. The van der Waals surface area contributed by atoms with Gasteiger partial charge in [0, 0.05) is 48.6 Å². The van der Waals surface area contributed by atoms with E-state index < -0.39 is 5.63 Å². The van der Waals surface area contributed by atoms with Crippen molar-refractivity contribution < 1.29 is 18.7 Å². The maximum Gasteiger partial charge on any atom is 0.339 e. The summed E-state index contributed by atoms with van der Waals surface area (Å²) in [5.41, 5.74) is 1.30. The van der Waals surface area contributed by atoms with Crippen LogP contribution in [0.15, 0.2) is 27.4 Å². The minimum Gasteiger partial charge on any atom is -0.497 e. The van der Waals surface area contributed by atoms with Crippen molar-refractivity contribution in [2.45, 2.75) is 65.2 Å². The molecule has 1 N–H and O–H groups in total. The molecule has 2 heterocycles. The van der Waals surface area contributed by atoms with Gasteiger partial charge in [0.2, 0.25) is 5.91 Å². The molecule has 0 unspecified atom stereocenters. The van der Waals surface area contributed by atoms with Crippen LogP contribution in [0.1, 0.15) is 45.2 Å². The molecule has 3 rings (SSSR count). The van der Waals surface area contributed by atoms with Gasteiger partial charge in [0.25, 0.3) is 0 Å². The molecule has 1 saturated heterocycles. The lowest BCUT2D eigenvalue weighted by atomic mass is 9.99. The molecule has 1 amide bonds. The van der Waals surface area contributed by atoms with Crippen LogP contribution >= 0.6 is 0 Å². The maximum atomic E-state index is 12.5. The van der Waals surface area contributed by atoms with Crippen molar-refractivity contribution in [1.29, 1.82) is 0 Å². The van der Waals surface area contributed by atoms with Gasteiger partial charge in [-0.05, 0) is 58.7 Å². The Kier molecular flexibility index (Phi) is 7.06. The molecule has 0 saturated carbocycles. The minimum atomic E-state index is -0.400. The second-order valence-corrected chi connectivity index (χ2v) is 9.11. The van der Waals surface area contributed by atoms with E-state index in [4.69, 9.17) is 13.9 Å². The number of fused-ring (bicyclic) bond motifs is 1. The zero-order valence-electron chi connectivity index (χ0n) is 19.4. The number of nitrogens with one attached hydrogen (secondary N) is 1. The highest BCUT2D eigenvalue weighted by molar-refractivity contribution is 5.82. The van der Waals surface area contributed by atoms with Crippen LogP contribution in [0.5, 0.6) is 5.75 Å². The molecule has 0 spiro atoms. The Balaban J connectivity index is 1.62. The number of methoxy groups -OCH3 is 1. The predicted molar refractivity (Wildman–Crippen MR) is 121 cm³/mol. The lowest BCUT2D eigenvalue weighted by Crippen LogP contribution is -2.58. The average molecular weight is 431 g/mol. The van der Waals surface area contributed by atoms with Gasteiger partial charge in [0.15, 0.2) is 0 Å². The number of ether oxygens (including phenoxy) is 2. The van der Waals surface area contributed by atoms with E-state index in [1.165, 1.54) is 0 Å². The van der Waals surface area contributed by atoms with E-state index in [1.54, 1.807) is 13.2 Å². The number of aryl methyl sites for hydroxylation is 1. The average Bonchev–Trinajstić information content (AvgIpc) is 2.71. The van der Waals surface area contributed by atoms with E-state index in [9.17, 15) is 9.59 Å². The SMILES string of the molecule is COc1ccc2c(C)c(CCC(=O)NCC(C)(C)N3C[C@H](C)O[C@@H](C)C3)c(=O)oc2c1. The Morgan fingerprint density at radius 1 is 1.26 bits per heavy atom. The summed E-state index contributed by atoms with van der Waals surface area (Å²) in [6.07, 6.45) is 0.926. The Labute approximate surface area is 183 Å². The van der Waals surface area contributed by atoms with Crippen LogP contribution in [0.25, 0.3) is 11.0 Å². The van der Waals surface area contributed by atoms with Gasteiger partial charge in [-0.15, -0.1) is 0 Å². The van der Waals surface area contributed by atoms with E-state index in [0.29, 0.717) is 29.9 Å². The molecular weight excluding hydrogens is 396 g/mol. The van der Waals surface area contributed by atoms with Gasteiger partial charge in [0.05, 0.1) is 19.3 Å². The van der Waals surface area contributed by atoms with Crippen molar-refractivity contribution in [3.05, 3.63) is 39.7 Å². The van der Waals surface area contributed by atoms with Crippen molar-refractivity contribution in [2.75, 3.05) is 26.7 Å². The highest BCUT2D eigenvalue weighted by atomic mass is 16.5. The van der Waals surface area contributed by atoms with Gasteiger partial charge in [-0.1, -0.05) is 0 Å². The summed E-state index contributed by atoms with van der Waals surface area (Å²) in [6, 6.07) is 5.42. The number of nitrogens with zero attached hydrogens (tertiary/aromatic N) is 1. The van der Waals surface area contributed by atoms with Gasteiger partial charge in [-0.3, -0.25) is 9.69 Å². The number of carbonyl (C=O) groups excluding carboxylic acids is 1. The lowest BCUT2D eigenvalue weighted by Gasteiger charge is -2.45. The van der Waals surface area contributed by atoms with Crippen LogP contribution in [0.2, 0.25) is 0 Å². The van der Waals surface area contributed by atoms with Crippen molar-refractivity contribution in [3.63, 3.8) is 0 Å². The zero-order chi connectivity index (χ0) is 22.8. The maximum absolute atomic E-state index is 12.5. The number of hydrogen-bond donors (Lipinski definition) is 1. The van der Waals surface area contributed by atoms with Gasteiger partial charge in [-0.25, -0.2) is 4.79 Å². The molecule has 1 aliphatic heterocycles. The summed E-state index contributed by atoms with van der Waals surface area (Å²) in [7, 11) is 1.57. The molecule has 0 aliphatic carbocycles. The van der Waals surface area contributed by atoms with E-state index in [1.807, 2.05) is 19.1 Å². The summed E-state index contributed by atoms with van der Waals surface area (Å²) < 4.78 is 16.5. The van der Waals surface area contributed by atoms with Crippen molar-refractivity contribution in [2.24, 2.45) is 0 Å². The van der Waals surface area contributed by atoms with E-state index in [2.05, 4.69) is 37.9 Å². The Bertz CT molecular complexity index is 987. The molecule has 2 atom stereocenters. The van der Waals surface area contributed by atoms with Crippen LogP contribution in [0.3, 0.4) is 0 Å². The number of rotatable bonds is 7. The molecule has 170 valence electrons. The molecule has 0 radical (unpaired) electrons. The van der Waals surface area contributed by atoms with E-state index in [-0.39, 0.29) is 30.1 Å². The summed E-state index contributed by atoms with van der Waals surface area (Å²) >= 11 is 0. The van der Waals surface area contributed by atoms with Crippen LogP contribution in [-0.2, 0) is 16.0 Å². The molecule has 7 nitrogen and oxygen atoms in total. The molecule has 0 bridgehead atoms. The Hall–Kier alpha value is -2.38. The molecular formula is C24H34N2O5. The second kappa shape index (κ2) is 9.40. The third-order valence-electron chi connectivity index (χ3n) is 6.09. The smallest absolute Gasteiger partial charge is 0.339 e. The lowest BCUT2D eigenvalue weighted by molar-refractivity contribution is -0.122. The van der Waals surface area contributed by atoms with Crippen molar-refractivity contribution >= 4 is 16.9 Å². The van der Waals surface area contributed by atoms with Crippen LogP contribution in [0.4, 0.5) is 0 Å². The highest BCUT2D eigenvalue weighted by Crippen LogP contribution is 2.24. The fraction of sp³-hybridized carbons (Fsp3) is 0.583. The van der Waals surface area contributed by atoms with Gasteiger partial charge < -0.3 is 19.2 Å². The molecule has 1 aromatic carbocycles. The van der Waals surface area contributed by atoms with Crippen LogP contribution < -0.4 is 15.7 Å². The largest absolute Gasteiger partial charge is 0.497 e. The fourth-order valence-electron chi connectivity index (χ4n) is 4.22. The molecule has 1 fully saturated rings. The van der Waals surface area contributed by atoms with Crippen LogP contribution in [-0.4, -0.2) is 55.3 Å². The topological polar surface area (TPSA) is 81.0 Å². The number of morpholine rings is 1. The first kappa shape index (κ1) is 23.3. The molecule has 7 heteroatoms. The quantitative estimate of drug-likeness (QED) is 0.680. The third-order valence-corrected chi connectivity index (χ3v) is 6.09. The minimum absolute atomic E-state index is 0.0731. The van der Waals surface area contributed by atoms with Crippen molar-refractivity contribution in [3.8, 4) is 5.75 Å². The molecule has 1 aliphatic rings. The fourth-order valence-corrected chi connectivity index (χ4v) is 4.22. The van der Waals surface area contributed by atoms with Gasteiger partial charge in [-0.2, -0.15) is 0 Å². The summed E-state index contributed by atoms with van der Waals surface area (Å²) in [5.74, 6) is 0.560. The molecule has 1 aromatic heterocycles. The summed E-state index contributed by atoms with van der Waals surface area (Å²) in [5, 5.41) is 3.89. The molecule has 2 aromatic rings. The normalized spacial score (nSPS) is 20.1. The van der Waals surface area contributed by atoms with Gasteiger partial charge >= 0.3 is 5.63 Å². The van der Waals surface area contributed by atoms with E-state index >= 15 is 0 Å².